The Hall–Kier alpha value is -0.830. The monoisotopic (exact) mass is 237 g/mol. The summed E-state index contributed by atoms with van der Waals surface area (Å²) in [6.07, 6.45) is 7.59. The molecule has 0 bridgehead atoms. The molecule has 0 fully saturated rings. The summed E-state index contributed by atoms with van der Waals surface area (Å²) in [6.45, 7) is 11.0. The summed E-state index contributed by atoms with van der Waals surface area (Å²) in [6, 6.07) is 0.400. The van der Waals surface area contributed by atoms with E-state index in [0.717, 1.165) is 19.5 Å². The van der Waals surface area contributed by atoms with Gasteiger partial charge < -0.3 is 9.88 Å². The van der Waals surface area contributed by atoms with Crippen LogP contribution in [0.2, 0.25) is 0 Å². The first-order valence-electron chi connectivity index (χ1n) is 7.02. The summed E-state index contributed by atoms with van der Waals surface area (Å²) in [5.41, 5.74) is 0. The second-order valence-corrected chi connectivity index (χ2v) is 4.59. The Balaban J connectivity index is 2.91. The number of hydrogen-bond donors (Lipinski definition) is 1. The molecule has 17 heavy (non-hydrogen) atoms. The van der Waals surface area contributed by atoms with Crippen LogP contribution in [0.3, 0.4) is 0 Å². The van der Waals surface area contributed by atoms with E-state index in [2.05, 4.69) is 48.8 Å². The summed E-state index contributed by atoms with van der Waals surface area (Å²) in [4.78, 5) is 4.57. The Labute approximate surface area is 106 Å². The lowest BCUT2D eigenvalue weighted by Crippen LogP contribution is -2.30. The summed E-state index contributed by atoms with van der Waals surface area (Å²) < 4.78 is 2.30. The first kappa shape index (κ1) is 14.2. The Bertz CT molecular complexity index is 302. The van der Waals surface area contributed by atoms with Gasteiger partial charge in [0.15, 0.2) is 0 Å². The molecule has 1 aromatic heterocycles. The molecule has 0 saturated carbocycles. The molecule has 0 aliphatic heterocycles. The molecule has 0 aliphatic carbocycles. The predicted octanol–water partition coefficient (Wildman–Crippen LogP) is 3.38. The molecule has 0 radical (unpaired) electrons. The molecule has 3 nitrogen and oxygen atoms in total. The van der Waals surface area contributed by atoms with E-state index in [-0.39, 0.29) is 0 Å². The van der Waals surface area contributed by atoms with E-state index < -0.39 is 0 Å². The van der Waals surface area contributed by atoms with Crippen molar-refractivity contribution >= 4 is 0 Å². The predicted molar refractivity (Wildman–Crippen MR) is 73.0 cm³/mol. The molecule has 1 rings (SSSR count). The molecule has 0 aliphatic rings. The number of aromatic nitrogens is 2. The quantitative estimate of drug-likeness (QED) is 0.751. The zero-order chi connectivity index (χ0) is 12.7. The van der Waals surface area contributed by atoms with Gasteiger partial charge in [0.05, 0.1) is 6.04 Å². The van der Waals surface area contributed by atoms with Crippen LogP contribution in [0.25, 0.3) is 0 Å². The van der Waals surface area contributed by atoms with E-state index in [4.69, 9.17) is 0 Å². The van der Waals surface area contributed by atoms with Crippen LogP contribution >= 0.6 is 0 Å². The second kappa shape index (κ2) is 7.49. The van der Waals surface area contributed by atoms with Crippen molar-refractivity contribution in [2.75, 3.05) is 6.54 Å². The fourth-order valence-electron chi connectivity index (χ4n) is 2.48. The molecule has 1 unspecified atom stereocenters. The smallest absolute Gasteiger partial charge is 0.126 e. The first-order valence-corrected chi connectivity index (χ1v) is 7.02. The SMILES string of the molecule is CCCn1ccnc1C(NCC)C(CC)CC. The number of aryl methyl sites for hydroxylation is 1. The van der Waals surface area contributed by atoms with Gasteiger partial charge in [-0.15, -0.1) is 0 Å². The standard InChI is InChI=1S/C14H27N3/c1-5-10-17-11-9-16-14(17)13(15-8-4)12(6-2)7-3/h9,11-13,15H,5-8,10H2,1-4H3. The lowest BCUT2D eigenvalue weighted by Gasteiger charge is -2.26. The molecule has 0 saturated heterocycles. The van der Waals surface area contributed by atoms with Gasteiger partial charge in [-0.2, -0.15) is 0 Å². The molecule has 0 amide bonds. The number of nitrogens with one attached hydrogen (secondary N) is 1. The van der Waals surface area contributed by atoms with Crippen LogP contribution in [0.15, 0.2) is 12.4 Å². The normalized spacial score (nSPS) is 13.2. The number of hydrogen-bond acceptors (Lipinski definition) is 2. The highest BCUT2D eigenvalue weighted by atomic mass is 15.1. The number of rotatable bonds is 8. The minimum atomic E-state index is 0.400. The van der Waals surface area contributed by atoms with E-state index in [9.17, 15) is 0 Å². The maximum absolute atomic E-state index is 4.57. The van der Waals surface area contributed by atoms with Gasteiger partial charge >= 0.3 is 0 Å². The molecule has 3 heteroatoms. The highest BCUT2D eigenvalue weighted by Gasteiger charge is 2.23. The van der Waals surface area contributed by atoms with Crippen molar-refractivity contribution in [3.8, 4) is 0 Å². The van der Waals surface area contributed by atoms with E-state index in [0.29, 0.717) is 12.0 Å². The third-order valence-electron chi connectivity index (χ3n) is 3.43. The van der Waals surface area contributed by atoms with Crippen molar-refractivity contribution in [2.24, 2.45) is 5.92 Å². The Morgan fingerprint density at radius 2 is 1.94 bits per heavy atom. The van der Waals surface area contributed by atoms with Gasteiger partial charge in [-0.3, -0.25) is 0 Å². The lowest BCUT2D eigenvalue weighted by molar-refractivity contribution is 0.324. The summed E-state index contributed by atoms with van der Waals surface area (Å²) in [7, 11) is 0. The van der Waals surface area contributed by atoms with Gasteiger partial charge in [0.1, 0.15) is 5.82 Å². The average Bonchev–Trinajstić information content (AvgIpc) is 2.78. The third-order valence-corrected chi connectivity index (χ3v) is 3.43. The Morgan fingerprint density at radius 1 is 1.24 bits per heavy atom. The van der Waals surface area contributed by atoms with Gasteiger partial charge in [0.2, 0.25) is 0 Å². The van der Waals surface area contributed by atoms with Crippen LogP contribution in [0, 0.1) is 5.92 Å². The summed E-state index contributed by atoms with van der Waals surface area (Å²) in [5, 5.41) is 3.60. The first-order chi connectivity index (χ1) is 8.28. The molecule has 1 aromatic rings. The molecule has 1 N–H and O–H groups in total. The van der Waals surface area contributed by atoms with E-state index in [1.807, 2.05) is 6.20 Å². The third kappa shape index (κ3) is 3.56. The maximum atomic E-state index is 4.57. The van der Waals surface area contributed by atoms with Crippen LogP contribution in [-0.2, 0) is 6.54 Å². The highest BCUT2D eigenvalue weighted by molar-refractivity contribution is 5.01. The fourth-order valence-corrected chi connectivity index (χ4v) is 2.48. The molecule has 1 atom stereocenters. The molecular formula is C14H27N3. The van der Waals surface area contributed by atoms with Crippen molar-refractivity contribution in [1.82, 2.24) is 14.9 Å². The van der Waals surface area contributed by atoms with Crippen LogP contribution in [0.1, 0.15) is 58.8 Å². The Kier molecular flexibility index (Phi) is 6.27. The van der Waals surface area contributed by atoms with Crippen LogP contribution in [-0.4, -0.2) is 16.1 Å². The zero-order valence-electron chi connectivity index (χ0n) is 11.7. The molecule has 0 spiro atoms. The lowest BCUT2D eigenvalue weighted by atomic mass is 9.93. The molecule has 0 aromatic carbocycles. The number of nitrogens with zero attached hydrogens (tertiary/aromatic N) is 2. The van der Waals surface area contributed by atoms with Gasteiger partial charge in [0.25, 0.3) is 0 Å². The van der Waals surface area contributed by atoms with Crippen LogP contribution in [0.4, 0.5) is 0 Å². The van der Waals surface area contributed by atoms with E-state index >= 15 is 0 Å². The largest absolute Gasteiger partial charge is 0.334 e. The fraction of sp³-hybridized carbons (Fsp3) is 0.786. The van der Waals surface area contributed by atoms with E-state index in [1.54, 1.807) is 0 Å². The van der Waals surface area contributed by atoms with Gasteiger partial charge in [-0.25, -0.2) is 4.98 Å². The maximum Gasteiger partial charge on any atom is 0.126 e. The van der Waals surface area contributed by atoms with E-state index in [1.165, 1.54) is 18.7 Å². The van der Waals surface area contributed by atoms with Gasteiger partial charge in [0, 0.05) is 18.9 Å². The topological polar surface area (TPSA) is 29.9 Å². The van der Waals surface area contributed by atoms with Crippen molar-refractivity contribution in [3.63, 3.8) is 0 Å². The van der Waals surface area contributed by atoms with Crippen LogP contribution in [0.5, 0.6) is 0 Å². The highest BCUT2D eigenvalue weighted by Crippen LogP contribution is 2.26. The average molecular weight is 237 g/mol. The minimum absolute atomic E-state index is 0.400. The van der Waals surface area contributed by atoms with Crippen molar-refractivity contribution < 1.29 is 0 Å². The van der Waals surface area contributed by atoms with Crippen molar-refractivity contribution in [2.45, 2.75) is 59.5 Å². The number of imidazole rings is 1. The minimum Gasteiger partial charge on any atom is -0.334 e. The Morgan fingerprint density at radius 3 is 2.47 bits per heavy atom. The zero-order valence-corrected chi connectivity index (χ0v) is 11.7. The summed E-state index contributed by atoms with van der Waals surface area (Å²) >= 11 is 0. The van der Waals surface area contributed by atoms with Crippen LogP contribution < -0.4 is 5.32 Å². The van der Waals surface area contributed by atoms with Gasteiger partial charge in [-0.05, 0) is 18.9 Å². The second-order valence-electron chi connectivity index (χ2n) is 4.59. The molecular weight excluding hydrogens is 210 g/mol. The molecule has 1 heterocycles. The van der Waals surface area contributed by atoms with Gasteiger partial charge in [-0.1, -0.05) is 40.5 Å². The van der Waals surface area contributed by atoms with Crippen molar-refractivity contribution in [3.05, 3.63) is 18.2 Å². The van der Waals surface area contributed by atoms with Crippen molar-refractivity contribution in [1.29, 1.82) is 0 Å². The molecule has 98 valence electrons. The summed E-state index contributed by atoms with van der Waals surface area (Å²) in [5.74, 6) is 1.88.